The van der Waals surface area contributed by atoms with Gasteiger partial charge in [0, 0.05) is 11.0 Å². The number of benzene rings is 2. The van der Waals surface area contributed by atoms with Gasteiger partial charge in [-0.1, -0.05) is 35.0 Å². The average molecular weight is 334 g/mol. The molecule has 106 valence electrons. The first-order valence-corrected chi connectivity index (χ1v) is 7.63. The normalized spacial score (nSPS) is 10.6. The molecule has 3 heteroatoms. The summed E-state index contributed by atoms with van der Waals surface area (Å²) in [5.74, 6) is 1.78. The number of ether oxygens (including phenoxy) is 1. The molecule has 0 radical (unpaired) electrons. The molecule has 1 N–H and O–H groups in total. The van der Waals surface area contributed by atoms with Gasteiger partial charge in [0.05, 0.1) is 0 Å². The highest BCUT2D eigenvalue weighted by Crippen LogP contribution is 2.28. The van der Waals surface area contributed by atoms with Crippen LogP contribution in [0, 0.1) is 13.8 Å². The Balaban J connectivity index is 2.14. The second-order valence-electron chi connectivity index (χ2n) is 4.89. The topological polar surface area (TPSA) is 21.3 Å². The maximum Gasteiger partial charge on any atom is 0.130 e. The van der Waals surface area contributed by atoms with Crippen LogP contribution in [0.5, 0.6) is 11.5 Å². The van der Waals surface area contributed by atoms with Crippen molar-refractivity contribution in [2.24, 2.45) is 0 Å². The van der Waals surface area contributed by atoms with E-state index >= 15 is 0 Å². The van der Waals surface area contributed by atoms with Gasteiger partial charge in [-0.3, -0.25) is 0 Å². The van der Waals surface area contributed by atoms with Gasteiger partial charge in [-0.2, -0.15) is 0 Å². The fourth-order valence-corrected chi connectivity index (χ4v) is 2.26. The van der Waals surface area contributed by atoms with Crippen molar-refractivity contribution in [3.63, 3.8) is 0 Å². The van der Waals surface area contributed by atoms with Gasteiger partial charge in [-0.15, -0.1) is 0 Å². The lowest BCUT2D eigenvalue weighted by molar-refractivity contribution is 0.478. The highest BCUT2D eigenvalue weighted by Gasteiger charge is 2.04. The molecule has 2 aromatic rings. The van der Waals surface area contributed by atoms with E-state index in [1.807, 2.05) is 24.3 Å². The molecule has 2 aromatic carbocycles. The fraction of sp³-hybridized carbons (Fsp3) is 0.294. The zero-order valence-electron chi connectivity index (χ0n) is 12.2. The van der Waals surface area contributed by atoms with Crippen molar-refractivity contribution in [3.05, 3.63) is 57.6 Å². The molecule has 0 aromatic heterocycles. The molecular weight excluding hydrogens is 314 g/mol. The molecule has 2 nitrogen and oxygen atoms in total. The van der Waals surface area contributed by atoms with E-state index in [9.17, 15) is 0 Å². The van der Waals surface area contributed by atoms with E-state index in [2.05, 4.69) is 54.2 Å². The molecular formula is C17H20BrNO. The van der Waals surface area contributed by atoms with Crippen LogP contribution in [-0.4, -0.2) is 6.54 Å². The molecule has 0 atom stereocenters. The van der Waals surface area contributed by atoms with E-state index in [0.29, 0.717) is 0 Å². The molecule has 0 fully saturated rings. The summed E-state index contributed by atoms with van der Waals surface area (Å²) in [5.41, 5.74) is 3.61. The van der Waals surface area contributed by atoms with Gasteiger partial charge in [0.25, 0.3) is 0 Å². The SMILES string of the molecule is CCNCc1ccc(Oc2ccc(Br)c(C)c2)c(C)c1. The van der Waals surface area contributed by atoms with Gasteiger partial charge in [0.1, 0.15) is 11.5 Å². The van der Waals surface area contributed by atoms with Crippen molar-refractivity contribution in [2.75, 3.05) is 6.54 Å². The summed E-state index contributed by atoms with van der Waals surface area (Å²) >= 11 is 3.50. The highest BCUT2D eigenvalue weighted by molar-refractivity contribution is 9.10. The van der Waals surface area contributed by atoms with E-state index < -0.39 is 0 Å². The monoisotopic (exact) mass is 333 g/mol. The zero-order valence-corrected chi connectivity index (χ0v) is 13.8. The van der Waals surface area contributed by atoms with E-state index in [0.717, 1.165) is 34.6 Å². The molecule has 0 bridgehead atoms. The number of halogens is 1. The Morgan fingerprint density at radius 3 is 2.50 bits per heavy atom. The van der Waals surface area contributed by atoms with Crippen LogP contribution in [-0.2, 0) is 6.54 Å². The lowest BCUT2D eigenvalue weighted by Gasteiger charge is -2.11. The van der Waals surface area contributed by atoms with E-state index in [1.54, 1.807) is 0 Å². The van der Waals surface area contributed by atoms with Crippen LogP contribution in [0.3, 0.4) is 0 Å². The molecule has 0 aliphatic carbocycles. The Labute approximate surface area is 129 Å². The van der Waals surface area contributed by atoms with Crippen LogP contribution in [0.4, 0.5) is 0 Å². The number of aryl methyl sites for hydroxylation is 2. The maximum atomic E-state index is 5.96. The van der Waals surface area contributed by atoms with Crippen LogP contribution in [0.1, 0.15) is 23.6 Å². The first kappa shape index (κ1) is 15.1. The second-order valence-corrected chi connectivity index (χ2v) is 5.75. The van der Waals surface area contributed by atoms with Crippen molar-refractivity contribution in [1.82, 2.24) is 5.32 Å². The molecule has 0 heterocycles. The molecule has 0 saturated carbocycles. The predicted molar refractivity (Wildman–Crippen MR) is 87.5 cm³/mol. The van der Waals surface area contributed by atoms with Crippen LogP contribution < -0.4 is 10.1 Å². The third-order valence-corrected chi connectivity index (χ3v) is 4.07. The van der Waals surface area contributed by atoms with Gasteiger partial charge < -0.3 is 10.1 Å². The summed E-state index contributed by atoms with van der Waals surface area (Å²) in [6, 6.07) is 12.3. The minimum Gasteiger partial charge on any atom is -0.457 e. The van der Waals surface area contributed by atoms with E-state index in [4.69, 9.17) is 4.74 Å². The summed E-state index contributed by atoms with van der Waals surface area (Å²) in [4.78, 5) is 0. The van der Waals surface area contributed by atoms with Crippen LogP contribution in [0.15, 0.2) is 40.9 Å². The molecule has 0 aliphatic heterocycles. The summed E-state index contributed by atoms with van der Waals surface area (Å²) in [6.07, 6.45) is 0. The van der Waals surface area contributed by atoms with Crippen LogP contribution in [0.2, 0.25) is 0 Å². The standard InChI is InChI=1S/C17H20BrNO/c1-4-19-11-14-5-8-17(13(3)9-14)20-15-6-7-16(18)12(2)10-15/h5-10,19H,4,11H2,1-3H3. The zero-order chi connectivity index (χ0) is 14.5. The number of rotatable bonds is 5. The Morgan fingerprint density at radius 1 is 1.05 bits per heavy atom. The fourth-order valence-electron chi connectivity index (χ4n) is 2.01. The van der Waals surface area contributed by atoms with Crippen molar-refractivity contribution in [3.8, 4) is 11.5 Å². The predicted octanol–water partition coefficient (Wildman–Crippen LogP) is 4.97. The molecule has 0 aliphatic rings. The lowest BCUT2D eigenvalue weighted by Crippen LogP contribution is -2.11. The quantitative estimate of drug-likeness (QED) is 0.834. The van der Waals surface area contributed by atoms with Gasteiger partial charge in [0.2, 0.25) is 0 Å². The van der Waals surface area contributed by atoms with Gasteiger partial charge >= 0.3 is 0 Å². The van der Waals surface area contributed by atoms with Gasteiger partial charge in [0.15, 0.2) is 0 Å². The molecule has 2 rings (SSSR count). The third kappa shape index (κ3) is 3.84. The van der Waals surface area contributed by atoms with Crippen LogP contribution in [0.25, 0.3) is 0 Å². The minimum absolute atomic E-state index is 0.869. The Morgan fingerprint density at radius 2 is 1.85 bits per heavy atom. The van der Waals surface area contributed by atoms with Gasteiger partial charge in [-0.25, -0.2) is 0 Å². The summed E-state index contributed by atoms with van der Waals surface area (Å²) < 4.78 is 7.06. The van der Waals surface area contributed by atoms with Gasteiger partial charge in [-0.05, 0) is 61.3 Å². The Bertz CT molecular complexity index is 596. The largest absolute Gasteiger partial charge is 0.457 e. The highest BCUT2D eigenvalue weighted by atomic mass is 79.9. The molecule has 0 amide bonds. The lowest BCUT2D eigenvalue weighted by atomic mass is 10.1. The van der Waals surface area contributed by atoms with Crippen molar-refractivity contribution < 1.29 is 4.74 Å². The molecule has 20 heavy (non-hydrogen) atoms. The maximum absolute atomic E-state index is 5.96. The summed E-state index contributed by atoms with van der Waals surface area (Å²) in [7, 11) is 0. The van der Waals surface area contributed by atoms with Crippen molar-refractivity contribution >= 4 is 15.9 Å². The van der Waals surface area contributed by atoms with Crippen molar-refractivity contribution in [2.45, 2.75) is 27.3 Å². The summed E-state index contributed by atoms with van der Waals surface area (Å²) in [6.45, 7) is 8.13. The van der Waals surface area contributed by atoms with E-state index in [-0.39, 0.29) is 0 Å². The number of nitrogens with one attached hydrogen (secondary N) is 1. The minimum atomic E-state index is 0.869. The first-order chi connectivity index (χ1) is 9.60. The molecule has 0 unspecified atom stereocenters. The van der Waals surface area contributed by atoms with E-state index in [1.165, 1.54) is 11.1 Å². The summed E-state index contributed by atoms with van der Waals surface area (Å²) in [5, 5.41) is 3.33. The Kier molecular flexibility index (Phi) is 5.21. The van der Waals surface area contributed by atoms with Crippen LogP contribution >= 0.6 is 15.9 Å². The number of hydrogen-bond donors (Lipinski definition) is 1. The molecule has 0 spiro atoms. The Hall–Kier alpha value is -1.32. The second kappa shape index (κ2) is 6.91. The first-order valence-electron chi connectivity index (χ1n) is 6.84. The third-order valence-electron chi connectivity index (χ3n) is 3.18. The number of hydrogen-bond acceptors (Lipinski definition) is 2. The van der Waals surface area contributed by atoms with Crippen molar-refractivity contribution in [1.29, 1.82) is 0 Å². The average Bonchev–Trinajstić information content (AvgIpc) is 2.43. The molecule has 0 saturated heterocycles. The smallest absolute Gasteiger partial charge is 0.130 e.